The lowest BCUT2D eigenvalue weighted by molar-refractivity contribution is 0.111. The van der Waals surface area contributed by atoms with Crippen LogP contribution in [0.4, 0.5) is 0 Å². The molecule has 0 N–H and O–H groups in total. The monoisotopic (exact) mass is 310 g/mol. The zero-order chi connectivity index (χ0) is 16.2. The van der Waals surface area contributed by atoms with Crippen LogP contribution in [0.15, 0.2) is 42.7 Å². The summed E-state index contributed by atoms with van der Waals surface area (Å²) in [5.41, 5.74) is 2.11. The summed E-state index contributed by atoms with van der Waals surface area (Å²) in [6.45, 7) is 0. The molecule has 7 nitrogen and oxygen atoms in total. The van der Waals surface area contributed by atoms with E-state index in [9.17, 15) is 4.79 Å². The highest BCUT2D eigenvalue weighted by molar-refractivity contribution is 5.84. The number of methoxy groups -OCH3 is 2. The molecular formula is C16H14N4O3. The number of aldehydes is 1. The second-order valence-corrected chi connectivity index (χ2v) is 4.63. The van der Waals surface area contributed by atoms with Crippen LogP contribution in [0.25, 0.3) is 16.9 Å². The summed E-state index contributed by atoms with van der Waals surface area (Å²) in [6.07, 6.45) is 3.97. The molecular weight excluding hydrogens is 296 g/mol. The summed E-state index contributed by atoms with van der Waals surface area (Å²) in [5, 5.41) is 8.03. The molecule has 23 heavy (non-hydrogen) atoms. The number of pyridine rings is 1. The fourth-order valence-electron chi connectivity index (χ4n) is 2.28. The smallest absolute Gasteiger partial charge is 0.172 e. The number of hydrogen-bond acceptors (Lipinski definition) is 6. The molecule has 0 saturated heterocycles. The van der Waals surface area contributed by atoms with Gasteiger partial charge in [0.2, 0.25) is 0 Å². The van der Waals surface area contributed by atoms with E-state index in [1.807, 2.05) is 6.07 Å². The molecule has 0 aliphatic carbocycles. The first-order valence-corrected chi connectivity index (χ1v) is 6.82. The number of rotatable bonds is 5. The topological polar surface area (TPSA) is 79.1 Å². The Hall–Kier alpha value is -3.22. The van der Waals surface area contributed by atoms with Crippen LogP contribution in [-0.4, -0.2) is 40.5 Å². The largest absolute Gasteiger partial charge is 0.497 e. The van der Waals surface area contributed by atoms with E-state index in [0.29, 0.717) is 29.2 Å². The van der Waals surface area contributed by atoms with Crippen molar-refractivity contribution in [1.82, 2.24) is 20.0 Å². The Morgan fingerprint density at radius 2 is 2.04 bits per heavy atom. The summed E-state index contributed by atoms with van der Waals surface area (Å²) in [4.78, 5) is 15.4. The maximum atomic E-state index is 11.3. The molecule has 116 valence electrons. The molecule has 0 saturated carbocycles. The van der Waals surface area contributed by atoms with E-state index in [1.165, 1.54) is 0 Å². The van der Waals surface area contributed by atoms with E-state index in [0.717, 1.165) is 5.56 Å². The number of benzene rings is 1. The minimum atomic E-state index is 0.225. The Morgan fingerprint density at radius 3 is 2.70 bits per heavy atom. The minimum absolute atomic E-state index is 0.225. The van der Waals surface area contributed by atoms with Gasteiger partial charge in [0.1, 0.15) is 22.9 Å². The van der Waals surface area contributed by atoms with E-state index in [4.69, 9.17) is 9.47 Å². The summed E-state index contributed by atoms with van der Waals surface area (Å²) in [5.74, 6) is 1.22. The van der Waals surface area contributed by atoms with Crippen molar-refractivity contribution in [3.63, 3.8) is 0 Å². The molecule has 1 aromatic carbocycles. The molecule has 0 radical (unpaired) electrons. The molecule has 0 fully saturated rings. The molecule has 2 heterocycles. The van der Waals surface area contributed by atoms with Crippen molar-refractivity contribution in [1.29, 1.82) is 0 Å². The first-order valence-electron chi connectivity index (χ1n) is 6.82. The van der Waals surface area contributed by atoms with Crippen LogP contribution in [0.1, 0.15) is 10.5 Å². The molecule has 0 amide bonds. The zero-order valence-corrected chi connectivity index (χ0v) is 12.6. The highest BCUT2D eigenvalue weighted by Crippen LogP contribution is 2.31. The third-order valence-corrected chi connectivity index (χ3v) is 3.36. The maximum Gasteiger partial charge on any atom is 0.172 e. The molecule has 0 aliphatic heterocycles. The van der Waals surface area contributed by atoms with E-state index in [2.05, 4.69) is 15.3 Å². The van der Waals surface area contributed by atoms with Crippen molar-refractivity contribution in [3.05, 3.63) is 48.4 Å². The first kappa shape index (κ1) is 14.7. The van der Waals surface area contributed by atoms with Gasteiger partial charge in [-0.2, -0.15) is 0 Å². The Morgan fingerprint density at radius 1 is 1.17 bits per heavy atom. The Bertz CT molecular complexity index is 831. The molecule has 0 spiro atoms. The number of hydrogen-bond donors (Lipinski definition) is 0. The lowest BCUT2D eigenvalue weighted by Gasteiger charge is -2.12. The number of aromatic nitrogens is 4. The third-order valence-electron chi connectivity index (χ3n) is 3.36. The van der Waals surface area contributed by atoms with Crippen molar-refractivity contribution in [2.75, 3.05) is 14.2 Å². The van der Waals surface area contributed by atoms with Crippen LogP contribution in [0, 0.1) is 0 Å². The van der Waals surface area contributed by atoms with Gasteiger partial charge in [-0.25, -0.2) is 4.68 Å². The number of nitrogens with zero attached hydrogens (tertiary/aromatic N) is 4. The van der Waals surface area contributed by atoms with E-state index in [1.54, 1.807) is 55.6 Å². The van der Waals surface area contributed by atoms with Gasteiger partial charge in [-0.05, 0) is 24.3 Å². The predicted octanol–water partition coefficient (Wildman–Crippen LogP) is 2.16. The highest BCUT2D eigenvalue weighted by Gasteiger charge is 2.19. The Kier molecular flexibility index (Phi) is 4.01. The maximum absolute atomic E-state index is 11.3. The number of ether oxygens (including phenoxy) is 2. The standard InChI is InChI=1S/C16H14N4O3/c1-22-12-5-6-15(23-2)14(8-12)20-16(13(10-21)18-19-20)11-4-3-7-17-9-11/h3-10H,1-2H3. The minimum Gasteiger partial charge on any atom is -0.497 e. The zero-order valence-electron chi connectivity index (χ0n) is 12.6. The quantitative estimate of drug-likeness (QED) is 0.672. The van der Waals surface area contributed by atoms with Gasteiger partial charge in [-0.3, -0.25) is 9.78 Å². The fraction of sp³-hybridized carbons (Fsp3) is 0.125. The molecule has 3 rings (SSSR count). The second kappa shape index (κ2) is 6.27. The highest BCUT2D eigenvalue weighted by atomic mass is 16.5. The SMILES string of the molecule is COc1ccc(OC)c(-n2nnc(C=O)c2-c2cccnc2)c1. The summed E-state index contributed by atoms with van der Waals surface area (Å²) in [6, 6.07) is 8.93. The third kappa shape index (κ3) is 2.64. The van der Waals surface area contributed by atoms with Crippen molar-refractivity contribution in [2.45, 2.75) is 0 Å². The Labute approximate surface area is 132 Å². The van der Waals surface area contributed by atoms with Gasteiger partial charge in [-0.15, -0.1) is 5.10 Å². The molecule has 3 aromatic rings. The summed E-state index contributed by atoms with van der Waals surface area (Å²) < 4.78 is 12.2. The van der Waals surface area contributed by atoms with Gasteiger partial charge >= 0.3 is 0 Å². The van der Waals surface area contributed by atoms with Crippen LogP contribution in [0.3, 0.4) is 0 Å². The van der Waals surface area contributed by atoms with Crippen LogP contribution < -0.4 is 9.47 Å². The normalized spacial score (nSPS) is 10.3. The van der Waals surface area contributed by atoms with Crippen LogP contribution in [0.2, 0.25) is 0 Å². The average Bonchev–Trinajstić information content (AvgIpc) is 3.05. The molecule has 0 unspecified atom stereocenters. The Balaban J connectivity index is 2.26. The van der Waals surface area contributed by atoms with Gasteiger partial charge in [0.15, 0.2) is 12.0 Å². The fourth-order valence-corrected chi connectivity index (χ4v) is 2.28. The van der Waals surface area contributed by atoms with Crippen LogP contribution in [0.5, 0.6) is 11.5 Å². The van der Waals surface area contributed by atoms with Gasteiger partial charge in [-0.1, -0.05) is 5.21 Å². The van der Waals surface area contributed by atoms with Crippen molar-refractivity contribution in [3.8, 4) is 28.4 Å². The van der Waals surface area contributed by atoms with Gasteiger partial charge in [0, 0.05) is 24.0 Å². The molecule has 0 atom stereocenters. The molecule has 0 bridgehead atoms. The van der Waals surface area contributed by atoms with E-state index < -0.39 is 0 Å². The van der Waals surface area contributed by atoms with E-state index >= 15 is 0 Å². The molecule has 0 aliphatic rings. The van der Waals surface area contributed by atoms with Crippen molar-refractivity contribution < 1.29 is 14.3 Å². The number of carbonyl (C=O) groups excluding carboxylic acids is 1. The average molecular weight is 310 g/mol. The van der Waals surface area contributed by atoms with E-state index in [-0.39, 0.29) is 5.69 Å². The van der Waals surface area contributed by atoms with Crippen LogP contribution >= 0.6 is 0 Å². The number of carbonyl (C=O) groups is 1. The van der Waals surface area contributed by atoms with Crippen molar-refractivity contribution >= 4 is 6.29 Å². The molecule has 7 heteroatoms. The summed E-state index contributed by atoms with van der Waals surface area (Å²) in [7, 11) is 3.14. The summed E-state index contributed by atoms with van der Waals surface area (Å²) >= 11 is 0. The van der Waals surface area contributed by atoms with Gasteiger partial charge < -0.3 is 9.47 Å². The molecule has 2 aromatic heterocycles. The van der Waals surface area contributed by atoms with Crippen LogP contribution in [-0.2, 0) is 0 Å². The lowest BCUT2D eigenvalue weighted by Crippen LogP contribution is -2.03. The predicted molar refractivity (Wildman–Crippen MR) is 83.1 cm³/mol. The van der Waals surface area contributed by atoms with Gasteiger partial charge in [0.25, 0.3) is 0 Å². The van der Waals surface area contributed by atoms with Crippen molar-refractivity contribution in [2.24, 2.45) is 0 Å². The van der Waals surface area contributed by atoms with Gasteiger partial charge in [0.05, 0.1) is 14.2 Å². The first-order chi connectivity index (χ1) is 11.3. The lowest BCUT2D eigenvalue weighted by atomic mass is 10.1. The second-order valence-electron chi connectivity index (χ2n) is 4.63.